The molecule has 27 heavy (non-hydrogen) atoms. The first-order valence-electron chi connectivity index (χ1n) is 7.89. The number of benzene rings is 1. The van der Waals surface area contributed by atoms with Crippen LogP contribution in [-0.4, -0.2) is 29.1 Å². The second-order valence-corrected chi connectivity index (χ2v) is 6.35. The number of H-pyrrole nitrogens is 2. The number of aryl methyl sites for hydroxylation is 2. The Kier molecular flexibility index (Phi) is 3.81. The SMILES string of the molecule is Cn1c(/C=C(/Cl)c2nc3ccccc3c(=O)[nH]2)nc2c1c(=O)[nH]c(=O)n2C. The molecule has 136 valence electrons. The van der Waals surface area contributed by atoms with Gasteiger partial charge in [-0.25, -0.2) is 14.8 Å². The van der Waals surface area contributed by atoms with Crippen molar-refractivity contribution in [2.24, 2.45) is 14.1 Å². The van der Waals surface area contributed by atoms with E-state index in [-0.39, 0.29) is 27.6 Å². The van der Waals surface area contributed by atoms with Gasteiger partial charge in [0.2, 0.25) is 0 Å². The zero-order valence-corrected chi connectivity index (χ0v) is 15.0. The molecule has 0 fully saturated rings. The minimum absolute atomic E-state index is 0.137. The number of fused-ring (bicyclic) bond motifs is 2. The van der Waals surface area contributed by atoms with Crippen LogP contribution in [-0.2, 0) is 14.1 Å². The highest BCUT2D eigenvalue weighted by Crippen LogP contribution is 2.20. The fraction of sp³-hybridized carbons (Fsp3) is 0.118. The summed E-state index contributed by atoms with van der Waals surface area (Å²) in [6, 6.07) is 6.90. The second kappa shape index (κ2) is 6.06. The number of aromatic amines is 2. The van der Waals surface area contributed by atoms with Gasteiger partial charge in [0.15, 0.2) is 17.0 Å². The Morgan fingerprint density at radius 2 is 1.78 bits per heavy atom. The maximum absolute atomic E-state index is 12.2. The molecule has 1 aromatic carbocycles. The first-order chi connectivity index (χ1) is 12.9. The molecule has 0 amide bonds. The fourth-order valence-corrected chi connectivity index (χ4v) is 3.02. The van der Waals surface area contributed by atoms with Crippen molar-refractivity contribution in [3.05, 3.63) is 67.1 Å². The lowest BCUT2D eigenvalue weighted by molar-refractivity contribution is 0.829. The summed E-state index contributed by atoms with van der Waals surface area (Å²) < 4.78 is 2.74. The summed E-state index contributed by atoms with van der Waals surface area (Å²) in [4.78, 5) is 49.6. The topological polar surface area (TPSA) is 118 Å². The Bertz CT molecular complexity index is 1420. The molecule has 0 saturated heterocycles. The standard InChI is InChI=1S/C17H13ClN6O3/c1-23-11(20-14-12(23)16(26)22-17(27)24(14)2)7-9(18)13-19-10-6-4-3-5-8(10)15(25)21-13/h3-7H,1-2H3,(H,19,21,25)(H,22,26,27)/b9-7+. The van der Waals surface area contributed by atoms with E-state index in [4.69, 9.17) is 11.6 Å². The predicted octanol–water partition coefficient (Wildman–Crippen LogP) is 0.934. The molecule has 0 radical (unpaired) electrons. The van der Waals surface area contributed by atoms with Gasteiger partial charge in [-0.1, -0.05) is 23.7 Å². The molecule has 0 bridgehead atoms. The van der Waals surface area contributed by atoms with E-state index >= 15 is 0 Å². The first kappa shape index (κ1) is 17.0. The lowest BCUT2D eigenvalue weighted by Gasteiger charge is -2.02. The molecular formula is C17H13ClN6O3. The fourth-order valence-electron chi connectivity index (χ4n) is 2.84. The quantitative estimate of drug-likeness (QED) is 0.533. The number of aromatic nitrogens is 6. The lowest BCUT2D eigenvalue weighted by Crippen LogP contribution is -2.29. The molecule has 0 aliphatic carbocycles. The second-order valence-electron chi connectivity index (χ2n) is 5.94. The summed E-state index contributed by atoms with van der Waals surface area (Å²) in [6.45, 7) is 0. The van der Waals surface area contributed by atoms with Gasteiger partial charge in [0, 0.05) is 20.2 Å². The van der Waals surface area contributed by atoms with Crippen molar-refractivity contribution >= 4 is 44.8 Å². The van der Waals surface area contributed by atoms with Crippen molar-refractivity contribution in [1.29, 1.82) is 0 Å². The van der Waals surface area contributed by atoms with Crippen LogP contribution in [0, 0.1) is 0 Å². The van der Waals surface area contributed by atoms with Crippen LogP contribution in [0.15, 0.2) is 38.6 Å². The van der Waals surface area contributed by atoms with Gasteiger partial charge < -0.3 is 9.55 Å². The van der Waals surface area contributed by atoms with Gasteiger partial charge in [-0.2, -0.15) is 0 Å². The van der Waals surface area contributed by atoms with Crippen molar-refractivity contribution < 1.29 is 0 Å². The molecular weight excluding hydrogens is 372 g/mol. The predicted molar refractivity (Wildman–Crippen MR) is 103 cm³/mol. The van der Waals surface area contributed by atoms with Crippen LogP contribution in [0.4, 0.5) is 0 Å². The molecule has 0 unspecified atom stereocenters. The Morgan fingerprint density at radius 1 is 1.04 bits per heavy atom. The lowest BCUT2D eigenvalue weighted by atomic mass is 10.2. The van der Waals surface area contributed by atoms with E-state index < -0.39 is 11.2 Å². The van der Waals surface area contributed by atoms with Crippen LogP contribution in [0.2, 0.25) is 0 Å². The summed E-state index contributed by atoms with van der Waals surface area (Å²) >= 11 is 6.34. The monoisotopic (exact) mass is 384 g/mol. The van der Waals surface area contributed by atoms with E-state index in [1.54, 1.807) is 31.3 Å². The molecule has 2 N–H and O–H groups in total. The van der Waals surface area contributed by atoms with Crippen molar-refractivity contribution in [2.45, 2.75) is 0 Å². The van der Waals surface area contributed by atoms with Crippen LogP contribution >= 0.6 is 11.6 Å². The third kappa shape index (κ3) is 2.68. The molecule has 3 heterocycles. The molecule has 9 nitrogen and oxygen atoms in total. The van der Waals surface area contributed by atoms with Crippen LogP contribution in [0.1, 0.15) is 11.6 Å². The highest BCUT2D eigenvalue weighted by atomic mass is 35.5. The van der Waals surface area contributed by atoms with Crippen LogP contribution in [0.5, 0.6) is 0 Å². The number of hydrogen-bond acceptors (Lipinski definition) is 5. The molecule has 0 aliphatic heterocycles. The molecule has 0 spiro atoms. The normalized spacial score (nSPS) is 12.2. The number of imidazole rings is 1. The average Bonchev–Trinajstić information content (AvgIpc) is 2.97. The molecule has 0 aliphatic rings. The summed E-state index contributed by atoms with van der Waals surface area (Å²) in [7, 11) is 3.13. The highest BCUT2D eigenvalue weighted by Gasteiger charge is 2.15. The number of halogens is 1. The van der Waals surface area contributed by atoms with E-state index in [1.807, 2.05) is 0 Å². The van der Waals surface area contributed by atoms with E-state index in [2.05, 4.69) is 19.9 Å². The minimum atomic E-state index is -0.562. The summed E-state index contributed by atoms with van der Waals surface area (Å²) in [5.74, 6) is 0.507. The summed E-state index contributed by atoms with van der Waals surface area (Å²) in [5.41, 5.74) is -0.462. The number of para-hydroxylation sites is 1. The Labute approximate surface area is 155 Å². The Balaban J connectivity index is 1.92. The van der Waals surface area contributed by atoms with Gasteiger partial charge in [0.05, 0.1) is 15.9 Å². The van der Waals surface area contributed by atoms with Crippen LogP contribution in [0.3, 0.4) is 0 Å². The highest BCUT2D eigenvalue weighted by molar-refractivity contribution is 6.50. The molecule has 10 heteroatoms. The van der Waals surface area contributed by atoms with Gasteiger partial charge in [0.25, 0.3) is 11.1 Å². The van der Waals surface area contributed by atoms with E-state index in [1.165, 1.54) is 22.3 Å². The van der Waals surface area contributed by atoms with Crippen molar-refractivity contribution in [1.82, 2.24) is 29.1 Å². The van der Waals surface area contributed by atoms with Gasteiger partial charge in [-0.15, -0.1) is 0 Å². The summed E-state index contributed by atoms with van der Waals surface area (Å²) in [6.07, 6.45) is 1.47. The van der Waals surface area contributed by atoms with Gasteiger partial charge in [-0.05, 0) is 12.1 Å². The minimum Gasteiger partial charge on any atom is -0.322 e. The molecule has 3 aromatic heterocycles. The Hall–Kier alpha value is -3.46. The van der Waals surface area contributed by atoms with Gasteiger partial charge in [-0.3, -0.25) is 19.1 Å². The molecule has 0 saturated carbocycles. The number of rotatable bonds is 2. The largest absolute Gasteiger partial charge is 0.329 e. The summed E-state index contributed by atoms with van der Waals surface area (Å²) in [5, 5.41) is 0.590. The third-order valence-corrected chi connectivity index (χ3v) is 4.55. The van der Waals surface area contributed by atoms with E-state index in [9.17, 15) is 14.4 Å². The van der Waals surface area contributed by atoms with E-state index in [0.29, 0.717) is 16.7 Å². The Morgan fingerprint density at radius 3 is 2.56 bits per heavy atom. The maximum atomic E-state index is 12.2. The third-order valence-electron chi connectivity index (χ3n) is 4.26. The smallest absolute Gasteiger partial charge is 0.322 e. The zero-order valence-electron chi connectivity index (χ0n) is 14.3. The molecule has 0 atom stereocenters. The van der Waals surface area contributed by atoms with Gasteiger partial charge >= 0.3 is 5.69 Å². The first-order valence-corrected chi connectivity index (χ1v) is 8.27. The number of hydrogen-bond donors (Lipinski definition) is 2. The average molecular weight is 385 g/mol. The van der Waals surface area contributed by atoms with E-state index in [0.717, 1.165) is 0 Å². The molecule has 4 rings (SSSR count). The molecule has 4 aromatic rings. The van der Waals surface area contributed by atoms with Crippen LogP contribution < -0.4 is 16.8 Å². The number of nitrogens with one attached hydrogen (secondary N) is 2. The van der Waals surface area contributed by atoms with Crippen LogP contribution in [0.25, 0.3) is 33.2 Å². The maximum Gasteiger partial charge on any atom is 0.329 e. The zero-order chi connectivity index (χ0) is 19.3. The van der Waals surface area contributed by atoms with Crippen molar-refractivity contribution in [3.8, 4) is 0 Å². The van der Waals surface area contributed by atoms with Crippen molar-refractivity contribution in [3.63, 3.8) is 0 Å². The number of nitrogens with zero attached hydrogens (tertiary/aromatic N) is 4. The van der Waals surface area contributed by atoms with Gasteiger partial charge in [0.1, 0.15) is 5.82 Å². The van der Waals surface area contributed by atoms with Crippen molar-refractivity contribution in [2.75, 3.05) is 0 Å².